The predicted molar refractivity (Wildman–Crippen MR) is 83.7 cm³/mol. The molecule has 1 aliphatic rings. The molecular weight excluding hydrogens is 296 g/mol. The molecule has 2 aromatic rings. The lowest BCUT2D eigenvalue weighted by molar-refractivity contribution is -0.153. The van der Waals surface area contributed by atoms with Crippen molar-refractivity contribution < 1.29 is 18.8 Å². The van der Waals surface area contributed by atoms with Crippen LogP contribution in [0.4, 0.5) is 0 Å². The van der Waals surface area contributed by atoms with Crippen LogP contribution in [0.15, 0.2) is 28.8 Å². The van der Waals surface area contributed by atoms with Crippen LogP contribution < -0.4 is 5.32 Å². The Morgan fingerprint density at radius 2 is 2.04 bits per heavy atom. The highest BCUT2D eigenvalue weighted by Crippen LogP contribution is 2.31. The highest BCUT2D eigenvalue weighted by atomic mass is 16.5. The van der Waals surface area contributed by atoms with Crippen LogP contribution in [0, 0.1) is 0 Å². The molecule has 1 fully saturated rings. The minimum Gasteiger partial charge on any atom is -0.464 e. The van der Waals surface area contributed by atoms with Crippen LogP contribution in [-0.4, -0.2) is 29.2 Å². The number of nitrogens with one attached hydrogen (secondary N) is 1. The van der Waals surface area contributed by atoms with Crippen LogP contribution in [0.5, 0.6) is 0 Å². The van der Waals surface area contributed by atoms with E-state index in [1.165, 1.54) is 0 Å². The fourth-order valence-corrected chi connectivity index (χ4v) is 3.16. The number of hydrogen-bond donors (Lipinski definition) is 1. The highest BCUT2D eigenvalue weighted by molar-refractivity contribution is 5.91. The normalized spacial score (nSPS) is 16.4. The van der Waals surface area contributed by atoms with Crippen molar-refractivity contribution in [2.75, 3.05) is 6.61 Å². The van der Waals surface area contributed by atoms with Crippen LogP contribution >= 0.6 is 0 Å². The molecule has 1 aromatic carbocycles. The third-order valence-electron chi connectivity index (χ3n) is 4.28. The second-order valence-electron chi connectivity index (χ2n) is 5.86. The number of fused-ring (bicyclic) bond motifs is 1. The Bertz CT molecular complexity index is 716. The van der Waals surface area contributed by atoms with Crippen molar-refractivity contribution in [2.24, 2.45) is 0 Å². The molecule has 0 atom stereocenters. The molecule has 3 rings (SSSR count). The van der Waals surface area contributed by atoms with Gasteiger partial charge in [0.1, 0.15) is 11.2 Å². The Labute approximate surface area is 134 Å². The van der Waals surface area contributed by atoms with Gasteiger partial charge in [0.15, 0.2) is 5.58 Å². The zero-order chi connectivity index (χ0) is 16.3. The van der Waals surface area contributed by atoms with Crippen molar-refractivity contribution >= 4 is 22.8 Å². The topological polar surface area (TPSA) is 81.4 Å². The van der Waals surface area contributed by atoms with Crippen LogP contribution in [0.1, 0.15) is 38.3 Å². The highest BCUT2D eigenvalue weighted by Gasteiger charge is 2.43. The van der Waals surface area contributed by atoms with Crippen LogP contribution in [0.25, 0.3) is 11.0 Å². The molecule has 0 unspecified atom stereocenters. The molecule has 0 aliphatic heterocycles. The zero-order valence-corrected chi connectivity index (χ0v) is 13.1. The van der Waals surface area contributed by atoms with Crippen molar-refractivity contribution in [3.63, 3.8) is 0 Å². The van der Waals surface area contributed by atoms with E-state index >= 15 is 0 Å². The van der Waals surface area contributed by atoms with Crippen LogP contribution in [0.3, 0.4) is 0 Å². The van der Waals surface area contributed by atoms with Gasteiger partial charge in [-0.25, -0.2) is 4.79 Å². The monoisotopic (exact) mass is 316 g/mol. The number of nitrogens with zero attached hydrogens (tertiary/aromatic N) is 1. The Hall–Kier alpha value is -2.37. The van der Waals surface area contributed by atoms with Gasteiger partial charge in [0.2, 0.25) is 5.91 Å². The molecule has 6 nitrogen and oxygen atoms in total. The Morgan fingerprint density at radius 3 is 2.78 bits per heavy atom. The summed E-state index contributed by atoms with van der Waals surface area (Å²) in [7, 11) is 0. The van der Waals surface area contributed by atoms with Crippen molar-refractivity contribution in [3.05, 3.63) is 30.0 Å². The van der Waals surface area contributed by atoms with E-state index in [4.69, 9.17) is 9.26 Å². The number of carbonyl (C=O) groups excluding carboxylic acids is 2. The van der Waals surface area contributed by atoms with Crippen LogP contribution in [-0.2, 0) is 20.7 Å². The molecule has 0 bridgehead atoms. The van der Waals surface area contributed by atoms with E-state index in [0.717, 1.165) is 18.2 Å². The zero-order valence-electron chi connectivity index (χ0n) is 13.1. The lowest BCUT2D eigenvalue weighted by Crippen LogP contribution is -2.53. The first kappa shape index (κ1) is 15.5. The van der Waals surface area contributed by atoms with E-state index in [0.29, 0.717) is 30.7 Å². The fourth-order valence-electron chi connectivity index (χ4n) is 3.16. The molecule has 23 heavy (non-hydrogen) atoms. The number of carbonyl (C=O) groups is 2. The number of esters is 1. The first-order valence-electron chi connectivity index (χ1n) is 7.96. The molecule has 1 aliphatic carbocycles. The van der Waals surface area contributed by atoms with Crippen molar-refractivity contribution in [3.8, 4) is 0 Å². The summed E-state index contributed by atoms with van der Waals surface area (Å²) < 4.78 is 10.4. The lowest BCUT2D eigenvalue weighted by Gasteiger charge is -2.27. The van der Waals surface area contributed by atoms with Crippen LogP contribution in [0.2, 0.25) is 0 Å². The molecular formula is C17H20N2O4. The summed E-state index contributed by atoms with van der Waals surface area (Å²) in [5.41, 5.74) is 0.346. The molecule has 122 valence electrons. The molecule has 1 N–H and O–H groups in total. The summed E-state index contributed by atoms with van der Waals surface area (Å²) in [5.74, 6) is -0.574. The SMILES string of the molecule is CCOC(=O)C1(NC(=O)Cc2noc3ccccc23)CCCC1. The molecule has 1 heterocycles. The van der Waals surface area contributed by atoms with E-state index in [2.05, 4.69) is 10.5 Å². The maximum absolute atomic E-state index is 12.4. The van der Waals surface area contributed by atoms with E-state index in [1.54, 1.807) is 13.0 Å². The van der Waals surface area contributed by atoms with Gasteiger partial charge in [-0.05, 0) is 31.9 Å². The Morgan fingerprint density at radius 1 is 1.30 bits per heavy atom. The maximum atomic E-state index is 12.4. The van der Waals surface area contributed by atoms with Crippen molar-refractivity contribution in [2.45, 2.75) is 44.6 Å². The number of aromatic nitrogens is 1. The molecule has 0 spiro atoms. The van der Waals surface area contributed by atoms with Crippen molar-refractivity contribution in [1.29, 1.82) is 0 Å². The largest absolute Gasteiger partial charge is 0.464 e. The van der Waals surface area contributed by atoms with Gasteiger partial charge in [-0.3, -0.25) is 4.79 Å². The van der Waals surface area contributed by atoms with E-state index < -0.39 is 5.54 Å². The first-order chi connectivity index (χ1) is 11.1. The Kier molecular flexibility index (Phi) is 4.32. The number of benzene rings is 1. The molecule has 1 amide bonds. The van der Waals surface area contributed by atoms with Gasteiger partial charge in [0.05, 0.1) is 13.0 Å². The summed E-state index contributed by atoms with van der Waals surface area (Å²) in [5, 5.41) is 7.67. The smallest absolute Gasteiger partial charge is 0.331 e. The minimum absolute atomic E-state index is 0.0815. The molecule has 1 saturated carbocycles. The fraction of sp³-hybridized carbons (Fsp3) is 0.471. The quantitative estimate of drug-likeness (QED) is 0.856. The first-order valence-corrected chi connectivity index (χ1v) is 7.96. The van der Waals surface area contributed by atoms with E-state index in [1.807, 2.05) is 18.2 Å². The second-order valence-corrected chi connectivity index (χ2v) is 5.86. The Balaban J connectivity index is 1.74. The molecule has 0 saturated heterocycles. The third-order valence-corrected chi connectivity index (χ3v) is 4.28. The van der Waals surface area contributed by atoms with Gasteiger partial charge in [0.25, 0.3) is 0 Å². The maximum Gasteiger partial charge on any atom is 0.331 e. The summed E-state index contributed by atoms with van der Waals surface area (Å²) in [4.78, 5) is 24.7. The molecule has 0 radical (unpaired) electrons. The lowest BCUT2D eigenvalue weighted by atomic mass is 9.97. The van der Waals surface area contributed by atoms with Gasteiger partial charge in [0, 0.05) is 5.39 Å². The molecule has 1 aromatic heterocycles. The number of para-hydroxylation sites is 1. The standard InChI is InChI=1S/C17H20N2O4/c1-2-22-16(21)17(9-5-6-10-17)18-15(20)11-13-12-7-3-4-8-14(12)23-19-13/h3-4,7-8H,2,5-6,9-11H2,1H3,(H,18,20). The summed E-state index contributed by atoms with van der Waals surface area (Å²) in [6, 6.07) is 7.40. The van der Waals surface area contributed by atoms with Gasteiger partial charge in [-0.1, -0.05) is 30.1 Å². The van der Waals surface area contributed by atoms with Gasteiger partial charge in [-0.15, -0.1) is 0 Å². The number of hydrogen-bond acceptors (Lipinski definition) is 5. The summed E-state index contributed by atoms with van der Waals surface area (Å²) in [6.45, 7) is 2.08. The number of rotatable bonds is 5. The van der Waals surface area contributed by atoms with E-state index in [-0.39, 0.29) is 18.3 Å². The van der Waals surface area contributed by atoms with E-state index in [9.17, 15) is 9.59 Å². The second kappa shape index (κ2) is 6.40. The van der Waals surface area contributed by atoms with Gasteiger partial charge >= 0.3 is 5.97 Å². The number of ether oxygens (including phenoxy) is 1. The minimum atomic E-state index is -0.882. The average Bonchev–Trinajstić information content (AvgIpc) is 3.16. The predicted octanol–water partition coefficient (Wildman–Crippen LogP) is 2.36. The molecule has 6 heteroatoms. The summed E-state index contributed by atoms with van der Waals surface area (Å²) in [6.07, 6.45) is 3.14. The van der Waals surface area contributed by atoms with Gasteiger partial charge in [-0.2, -0.15) is 0 Å². The number of amides is 1. The average molecular weight is 316 g/mol. The van der Waals surface area contributed by atoms with Crippen molar-refractivity contribution in [1.82, 2.24) is 10.5 Å². The summed E-state index contributed by atoms with van der Waals surface area (Å²) >= 11 is 0. The van der Waals surface area contributed by atoms with Gasteiger partial charge < -0.3 is 14.6 Å². The third kappa shape index (κ3) is 3.06.